The molecule has 0 bridgehead atoms. The van der Waals surface area contributed by atoms with Crippen molar-refractivity contribution in [2.24, 2.45) is 0 Å². The normalized spacial score (nSPS) is 16.9. The van der Waals surface area contributed by atoms with Gasteiger partial charge in [-0.3, -0.25) is 0 Å². The SMILES string of the molecule is Brc1cnc2nc(N3CCNCC3)nn2c1. The van der Waals surface area contributed by atoms with Gasteiger partial charge in [0.1, 0.15) is 0 Å². The van der Waals surface area contributed by atoms with Crippen LogP contribution < -0.4 is 10.2 Å². The summed E-state index contributed by atoms with van der Waals surface area (Å²) in [6.07, 6.45) is 3.59. The van der Waals surface area contributed by atoms with Crippen molar-refractivity contribution in [3.8, 4) is 0 Å². The van der Waals surface area contributed by atoms with Crippen LogP contribution in [0.3, 0.4) is 0 Å². The molecule has 7 heteroatoms. The van der Waals surface area contributed by atoms with Crippen LogP contribution in [0.15, 0.2) is 16.9 Å². The zero-order chi connectivity index (χ0) is 11.0. The van der Waals surface area contributed by atoms with Gasteiger partial charge in [0.15, 0.2) is 0 Å². The lowest BCUT2D eigenvalue weighted by molar-refractivity contribution is 0.580. The van der Waals surface area contributed by atoms with Crippen LogP contribution in [0.25, 0.3) is 5.78 Å². The predicted molar refractivity (Wildman–Crippen MR) is 63.6 cm³/mol. The Morgan fingerprint density at radius 3 is 2.94 bits per heavy atom. The Kier molecular flexibility index (Phi) is 2.49. The number of nitrogens with zero attached hydrogens (tertiary/aromatic N) is 5. The molecule has 1 aliphatic rings. The van der Waals surface area contributed by atoms with Gasteiger partial charge >= 0.3 is 0 Å². The number of nitrogens with one attached hydrogen (secondary N) is 1. The highest BCUT2D eigenvalue weighted by atomic mass is 79.9. The molecule has 0 aromatic carbocycles. The van der Waals surface area contributed by atoms with Crippen molar-refractivity contribution < 1.29 is 0 Å². The Morgan fingerprint density at radius 2 is 2.12 bits per heavy atom. The molecule has 6 nitrogen and oxygen atoms in total. The van der Waals surface area contributed by atoms with Crippen LogP contribution in [0.5, 0.6) is 0 Å². The number of aromatic nitrogens is 4. The van der Waals surface area contributed by atoms with Crippen molar-refractivity contribution in [3.05, 3.63) is 16.9 Å². The van der Waals surface area contributed by atoms with E-state index >= 15 is 0 Å². The van der Waals surface area contributed by atoms with Crippen molar-refractivity contribution in [2.45, 2.75) is 0 Å². The molecule has 3 heterocycles. The average molecular weight is 283 g/mol. The van der Waals surface area contributed by atoms with Gasteiger partial charge < -0.3 is 10.2 Å². The first-order valence-corrected chi connectivity index (χ1v) is 5.96. The molecule has 3 rings (SSSR count). The van der Waals surface area contributed by atoms with Crippen LogP contribution >= 0.6 is 15.9 Å². The number of fused-ring (bicyclic) bond motifs is 1. The quantitative estimate of drug-likeness (QED) is 0.815. The van der Waals surface area contributed by atoms with Gasteiger partial charge in [0, 0.05) is 38.6 Å². The van der Waals surface area contributed by atoms with Crippen molar-refractivity contribution in [1.29, 1.82) is 0 Å². The zero-order valence-corrected chi connectivity index (χ0v) is 10.2. The minimum atomic E-state index is 0.636. The van der Waals surface area contributed by atoms with Crippen LogP contribution in [-0.4, -0.2) is 45.8 Å². The van der Waals surface area contributed by atoms with E-state index in [4.69, 9.17) is 0 Å². The van der Waals surface area contributed by atoms with Gasteiger partial charge in [0.2, 0.25) is 5.95 Å². The Balaban J connectivity index is 1.97. The number of anilines is 1. The molecule has 0 aliphatic carbocycles. The molecule has 2 aromatic rings. The van der Waals surface area contributed by atoms with E-state index < -0.39 is 0 Å². The molecule has 16 heavy (non-hydrogen) atoms. The van der Waals surface area contributed by atoms with Gasteiger partial charge in [-0.2, -0.15) is 4.98 Å². The van der Waals surface area contributed by atoms with Gasteiger partial charge in [-0.1, -0.05) is 0 Å². The molecular formula is C9H11BrN6. The van der Waals surface area contributed by atoms with E-state index in [0.717, 1.165) is 36.6 Å². The summed E-state index contributed by atoms with van der Waals surface area (Å²) in [5, 5.41) is 7.71. The molecule has 0 atom stereocenters. The highest BCUT2D eigenvalue weighted by Gasteiger charge is 2.15. The van der Waals surface area contributed by atoms with Gasteiger partial charge in [-0.05, 0) is 15.9 Å². The molecule has 1 N–H and O–H groups in total. The van der Waals surface area contributed by atoms with Crippen LogP contribution in [0.2, 0.25) is 0 Å². The standard InChI is InChI=1S/C9H11BrN6/c10-7-5-12-8-13-9(14-16(8)6-7)15-3-1-11-2-4-15/h5-6,11H,1-4H2. The minimum absolute atomic E-state index is 0.636. The van der Waals surface area contributed by atoms with Gasteiger partial charge in [-0.25, -0.2) is 9.50 Å². The smallest absolute Gasteiger partial charge is 0.254 e. The van der Waals surface area contributed by atoms with Crippen molar-refractivity contribution in [2.75, 3.05) is 31.1 Å². The Bertz CT molecular complexity index is 504. The monoisotopic (exact) mass is 282 g/mol. The van der Waals surface area contributed by atoms with E-state index in [1.54, 1.807) is 10.7 Å². The highest BCUT2D eigenvalue weighted by Crippen LogP contribution is 2.12. The highest BCUT2D eigenvalue weighted by molar-refractivity contribution is 9.10. The number of halogens is 1. The third-order valence-electron chi connectivity index (χ3n) is 2.55. The van der Waals surface area contributed by atoms with Crippen LogP contribution in [0.1, 0.15) is 0 Å². The fourth-order valence-corrected chi connectivity index (χ4v) is 2.04. The van der Waals surface area contributed by atoms with Crippen LogP contribution in [0.4, 0.5) is 5.95 Å². The number of rotatable bonds is 1. The van der Waals surface area contributed by atoms with Crippen molar-refractivity contribution in [3.63, 3.8) is 0 Å². The maximum Gasteiger partial charge on any atom is 0.254 e. The molecule has 0 unspecified atom stereocenters. The molecule has 0 amide bonds. The third kappa shape index (κ3) is 1.76. The Morgan fingerprint density at radius 1 is 1.31 bits per heavy atom. The number of hydrogen-bond acceptors (Lipinski definition) is 5. The summed E-state index contributed by atoms with van der Waals surface area (Å²) in [4.78, 5) is 10.8. The number of hydrogen-bond donors (Lipinski definition) is 1. The molecule has 1 saturated heterocycles. The molecule has 2 aromatic heterocycles. The summed E-state index contributed by atoms with van der Waals surface area (Å²) in [7, 11) is 0. The molecule has 1 aliphatic heterocycles. The Hall–Kier alpha value is -1.21. The summed E-state index contributed by atoms with van der Waals surface area (Å²) in [5.74, 6) is 1.39. The van der Waals surface area contributed by atoms with Gasteiger partial charge in [-0.15, -0.1) is 5.10 Å². The minimum Gasteiger partial charge on any atom is -0.337 e. The van der Waals surface area contributed by atoms with Crippen molar-refractivity contribution in [1.82, 2.24) is 24.9 Å². The second kappa shape index (κ2) is 3.99. The van der Waals surface area contributed by atoms with Crippen LogP contribution in [-0.2, 0) is 0 Å². The van der Waals surface area contributed by atoms with Crippen molar-refractivity contribution >= 4 is 27.7 Å². The first kappa shape index (κ1) is 9.98. The Labute approximate surface area is 101 Å². The van der Waals surface area contributed by atoms with E-state index in [2.05, 4.69) is 41.2 Å². The summed E-state index contributed by atoms with van der Waals surface area (Å²) in [5.41, 5.74) is 0. The largest absolute Gasteiger partial charge is 0.337 e. The van der Waals surface area contributed by atoms with Crippen LogP contribution in [0, 0.1) is 0 Å². The lowest BCUT2D eigenvalue weighted by Gasteiger charge is -2.25. The lowest BCUT2D eigenvalue weighted by atomic mass is 10.4. The van der Waals surface area contributed by atoms with E-state index in [1.165, 1.54) is 0 Å². The second-order valence-corrected chi connectivity index (χ2v) is 4.58. The maximum atomic E-state index is 4.41. The zero-order valence-electron chi connectivity index (χ0n) is 8.60. The average Bonchev–Trinajstić information content (AvgIpc) is 2.73. The summed E-state index contributed by atoms with van der Waals surface area (Å²) >= 11 is 3.36. The lowest BCUT2D eigenvalue weighted by Crippen LogP contribution is -2.44. The predicted octanol–water partition coefficient (Wildman–Crippen LogP) is 0.296. The molecule has 0 spiro atoms. The fourth-order valence-electron chi connectivity index (χ4n) is 1.75. The number of piperazine rings is 1. The van der Waals surface area contributed by atoms with Gasteiger partial charge in [0.05, 0.1) is 4.47 Å². The molecule has 84 valence electrons. The molecule has 1 fully saturated rings. The molecule has 0 saturated carbocycles. The van der Waals surface area contributed by atoms with E-state index in [9.17, 15) is 0 Å². The van der Waals surface area contributed by atoms with E-state index in [1.807, 2.05) is 6.20 Å². The third-order valence-corrected chi connectivity index (χ3v) is 2.96. The molecular weight excluding hydrogens is 272 g/mol. The van der Waals surface area contributed by atoms with E-state index in [0.29, 0.717) is 5.78 Å². The van der Waals surface area contributed by atoms with E-state index in [-0.39, 0.29) is 0 Å². The maximum absolute atomic E-state index is 4.41. The van der Waals surface area contributed by atoms with Gasteiger partial charge in [0.25, 0.3) is 5.78 Å². The summed E-state index contributed by atoms with van der Waals surface area (Å²) in [6.45, 7) is 3.84. The topological polar surface area (TPSA) is 58.4 Å². The molecule has 0 radical (unpaired) electrons. The summed E-state index contributed by atoms with van der Waals surface area (Å²) in [6, 6.07) is 0. The first-order chi connectivity index (χ1) is 7.83. The summed E-state index contributed by atoms with van der Waals surface area (Å²) < 4.78 is 2.60. The second-order valence-electron chi connectivity index (χ2n) is 3.67. The fraction of sp³-hybridized carbons (Fsp3) is 0.444. The first-order valence-electron chi connectivity index (χ1n) is 5.16.